The number of ether oxygens (including phenoxy) is 1. The van der Waals surface area contributed by atoms with Gasteiger partial charge in [0.1, 0.15) is 5.69 Å². The Balaban J connectivity index is 1.87. The molecule has 7 nitrogen and oxygen atoms in total. The highest BCUT2D eigenvalue weighted by Crippen LogP contribution is 2.31. The van der Waals surface area contributed by atoms with E-state index in [-0.39, 0.29) is 17.7 Å². The topological polar surface area (TPSA) is 77.3 Å². The van der Waals surface area contributed by atoms with Crippen LogP contribution in [-0.2, 0) is 21.2 Å². The molecule has 1 aliphatic rings. The summed E-state index contributed by atoms with van der Waals surface area (Å²) < 4.78 is 33.4. The zero-order valence-corrected chi connectivity index (χ0v) is 15.6. The monoisotopic (exact) mass is 364 g/mol. The minimum atomic E-state index is -3.29. The molecule has 1 saturated heterocycles. The van der Waals surface area contributed by atoms with E-state index < -0.39 is 10.0 Å². The Morgan fingerprint density at radius 1 is 1.28 bits per heavy atom. The highest BCUT2D eigenvalue weighted by atomic mass is 32.2. The first-order valence-corrected chi connectivity index (χ1v) is 9.99. The summed E-state index contributed by atoms with van der Waals surface area (Å²) in [6.07, 6.45) is 6.39. The van der Waals surface area contributed by atoms with Crippen LogP contribution in [0.2, 0.25) is 0 Å². The first-order chi connectivity index (χ1) is 11.9. The predicted molar refractivity (Wildman–Crippen MR) is 95.7 cm³/mol. The van der Waals surface area contributed by atoms with Crippen LogP contribution in [0.3, 0.4) is 0 Å². The maximum absolute atomic E-state index is 12.3. The van der Waals surface area contributed by atoms with Crippen LogP contribution in [0.5, 0.6) is 0 Å². The molecular weight excluding hydrogens is 340 g/mol. The van der Waals surface area contributed by atoms with Crippen LogP contribution >= 0.6 is 0 Å². The van der Waals surface area contributed by atoms with Crippen molar-refractivity contribution in [3.63, 3.8) is 0 Å². The molecule has 0 N–H and O–H groups in total. The zero-order chi connectivity index (χ0) is 18.0. The number of pyridine rings is 1. The van der Waals surface area contributed by atoms with E-state index in [0.717, 1.165) is 17.9 Å². The van der Waals surface area contributed by atoms with Gasteiger partial charge in [-0.1, -0.05) is 13.0 Å². The fraction of sp³-hybridized carbons (Fsp3) is 0.529. The maximum atomic E-state index is 12.3. The number of hydrogen-bond donors (Lipinski definition) is 0. The molecule has 3 heterocycles. The summed E-state index contributed by atoms with van der Waals surface area (Å²) in [7, 11) is -0.173. The van der Waals surface area contributed by atoms with Crippen molar-refractivity contribution in [1.29, 1.82) is 0 Å². The van der Waals surface area contributed by atoms with Crippen LogP contribution in [-0.4, -0.2) is 60.3 Å². The van der Waals surface area contributed by atoms with Crippen molar-refractivity contribution in [3.05, 3.63) is 36.3 Å². The van der Waals surface area contributed by atoms with Gasteiger partial charge in [0.05, 0.1) is 25.0 Å². The zero-order valence-electron chi connectivity index (χ0n) is 14.8. The normalized spacial score (nSPS) is 21.1. The summed E-state index contributed by atoms with van der Waals surface area (Å²) in [6.45, 7) is 2.99. The molecule has 8 heteroatoms. The SMILES string of the molecule is CCc1ccc(-c2nccn2[C@@H]2COC[C@@H]2CS(=O)(=O)N(C)C)nc1. The van der Waals surface area contributed by atoms with Gasteiger partial charge in [0.25, 0.3) is 0 Å². The van der Waals surface area contributed by atoms with Crippen molar-refractivity contribution in [3.8, 4) is 11.5 Å². The smallest absolute Gasteiger partial charge is 0.214 e. The molecule has 0 bridgehead atoms. The third-order valence-corrected chi connectivity index (χ3v) is 6.60. The fourth-order valence-electron chi connectivity index (χ4n) is 3.02. The minimum Gasteiger partial charge on any atom is -0.379 e. The van der Waals surface area contributed by atoms with E-state index >= 15 is 0 Å². The Labute approximate surface area is 148 Å². The lowest BCUT2D eigenvalue weighted by atomic mass is 10.1. The van der Waals surface area contributed by atoms with Crippen molar-refractivity contribution in [2.45, 2.75) is 19.4 Å². The summed E-state index contributed by atoms with van der Waals surface area (Å²) >= 11 is 0. The molecule has 2 atom stereocenters. The molecule has 0 amide bonds. The van der Waals surface area contributed by atoms with Crippen LogP contribution in [0.15, 0.2) is 30.7 Å². The van der Waals surface area contributed by atoms with Gasteiger partial charge in [-0.15, -0.1) is 0 Å². The van der Waals surface area contributed by atoms with Crippen LogP contribution in [0.4, 0.5) is 0 Å². The van der Waals surface area contributed by atoms with Gasteiger partial charge in [0.2, 0.25) is 10.0 Å². The van der Waals surface area contributed by atoms with Crippen molar-refractivity contribution in [2.24, 2.45) is 5.92 Å². The fourth-order valence-corrected chi connectivity index (χ4v) is 4.18. The van der Waals surface area contributed by atoms with E-state index in [0.29, 0.717) is 13.2 Å². The highest BCUT2D eigenvalue weighted by molar-refractivity contribution is 7.89. The Bertz CT molecular complexity index is 815. The van der Waals surface area contributed by atoms with Gasteiger partial charge in [-0.3, -0.25) is 4.98 Å². The van der Waals surface area contributed by atoms with Gasteiger partial charge in [-0.05, 0) is 18.1 Å². The molecule has 2 aromatic heterocycles. The molecule has 0 unspecified atom stereocenters. The number of sulfonamides is 1. The number of aryl methyl sites for hydroxylation is 1. The second-order valence-electron chi connectivity index (χ2n) is 6.49. The van der Waals surface area contributed by atoms with Crippen molar-refractivity contribution < 1.29 is 13.2 Å². The molecule has 0 spiro atoms. The van der Waals surface area contributed by atoms with E-state index in [1.807, 2.05) is 29.1 Å². The van der Waals surface area contributed by atoms with Gasteiger partial charge in [0.15, 0.2) is 5.82 Å². The Morgan fingerprint density at radius 2 is 2.08 bits per heavy atom. The molecule has 0 radical (unpaired) electrons. The van der Waals surface area contributed by atoms with Crippen LogP contribution in [0.1, 0.15) is 18.5 Å². The van der Waals surface area contributed by atoms with Gasteiger partial charge in [-0.25, -0.2) is 17.7 Å². The van der Waals surface area contributed by atoms with E-state index in [2.05, 4.69) is 16.9 Å². The van der Waals surface area contributed by atoms with Crippen LogP contribution in [0, 0.1) is 5.92 Å². The lowest BCUT2D eigenvalue weighted by Gasteiger charge is -2.22. The average molecular weight is 364 g/mol. The second-order valence-corrected chi connectivity index (χ2v) is 8.72. The molecular formula is C17H24N4O3S. The summed E-state index contributed by atoms with van der Waals surface area (Å²) in [5.41, 5.74) is 1.95. The summed E-state index contributed by atoms with van der Waals surface area (Å²) in [4.78, 5) is 8.94. The van der Waals surface area contributed by atoms with Gasteiger partial charge < -0.3 is 9.30 Å². The first-order valence-electron chi connectivity index (χ1n) is 8.38. The molecule has 0 saturated carbocycles. The molecule has 0 aliphatic carbocycles. The summed E-state index contributed by atoms with van der Waals surface area (Å²) in [5.74, 6) is 0.686. The molecule has 25 heavy (non-hydrogen) atoms. The van der Waals surface area contributed by atoms with Crippen LogP contribution < -0.4 is 0 Å². The number of aromatic nitrogens is 3. The quantitative estimate of drug-likeness (QED) is 0.778. The molecule has 136 valence electrons. The van der Waals surface area contributed by atoms with Crippen molar-refractivity contribution in [2.75, 3.05) is 33.1 Å². The lowest BCUT2D eigenvalue weighted by molar-refractivity contribution is 0.182. The standard InChI is InChI=1S/C17H24N4O3S/c1-4-13-5-6-15(19-9-13)17-18-7-8-21(17)16-11-24-10-14(16)12-25(22,23)20(2)3/h5-9,14,16H,4,10-12H2,1-3H3/t14-,16-/m1/s1. The molecule has 1 fully saturated rings. The van der Waals surface area contributed by atoms with Crippen molar-refractivity contribution in [1.82, 2.24) is 18.8 Å². The molecule has 3 rings (SSSR count). The Kier molecular flexibility index (Phi) is 5.21. The number of imidazole rings is 1. The summed E-state index contributed by atoms with van der Waals surface area (Å²) in [6, 6.07) is 3.93. The Morgan fingerprint density at radius 3 is 2.72 bits per heavy atom. The van der Waals surface area contributed by atoms with Gasteiger partial charge in [-0.2, -0.15) is 0 Å². The van der Waals surface area contributed by atoms with E-state index in [9.17, 15) is 8.42 Å². The molecule has 2 aromatic rings. The predicted octanol–water partition coefficient (Wildman–Crippen LogP) is 1.59. The number of nitrogens with zero attached hydrogens (tertiary/aromatic N) is 4. The number of rotatable bonds is 6. The second kappa shape index (κ2) is 7.23. The largest absolute Gasteiger partial charge is 0.379 e. The van der Waals surface area contributed by atoms with E-state index in [1.165, 1.54) is 9.87 Å². The Hall–Kier alpha value is -1.77. The van der Waals surface area contributed by atoms with Gasteiger partial charge >= 0.3 is 0 Å². The molecule has 0 aromatic carbocycles. The summed E-state index contributed by atoms with van der Waals surface area (Å²) in [5, 5.41) is 0. The number of hydrogen-bond acceptors (Lipinski definition) is 5. The molecule has 1 aliphatic heterocycles. The van der Waals surface area contributed by atoms with Gasteiger partial charge in [0, 0.05) is 38.6 Å². The first kappa shape index (κ1) is 18.0. The third-order valence-electron chi connectivity index (χ3n) is 4.63. The lowest BCUT2D eigenvalue weighted by Crippen LogP contribution is -2.32. The van der Waals surface area contributed by atoms with Crippen LogP contribution in [0.25, 0.3) is 11.5 Å². The van der Waals surface area contributed by atoms with E-state index in [1.54, 1.807) is 20.3 Å². The third kappa shape index (κ3) is 3.75. The van der Waals surface area contributed by atoms with Crippen molar-refractivity contribution >= 4 is 10.0 Å². The maximum Gasteiger partial charge on any atom is 0.214 e. The minimum absolute atomic E-state index is 0.0600. The highest BCUT2D eigenvalue weighted by Gasteiger charge is 2.35. The van der Waals surface area contributed by atoms with E-state index in [4.69, 9.17) is 4.74 Å². The average Bonchev–Trinajstić information content (AvgIpc) is 3.23.